The fourth-order valence-corrected chi connectivity index (χ4v) is 3.14. The molecule has 0 bridgehead atoms. The Bertz CT molecular complexity index is 1230. The number of hydrogen-bond acceptors (Lipinski definition) is 3. The third-order valence-electron chi connectivity index (χ3n) is 4.63. The van der Waals surface area contributed by atoms with Gasteiger partial charge in [0.05, 0.1) is 12.1 Å². The summed E-state index contributed by atoms with van der Waals surface area (Å²) in [4.78, 5) is 34.8. The Hall–Kier alpha value is -3.61. The molecule has 0 fully saturated rings. The molecule has 2 N–H and O–H groups in total. The molecule has 0 unspecified atom stereocenters. The van der Waals surface area contributed by atoms with Gasteiger partial charge in [-0.05, 0) is 35.2 Å². The third-order valence-corrected chi connectivity index (χ3v) is 4.63. The number of amides is 1. The van der Waals surface area contributed by atoms with Crippen LogP contribution in [0.4, 0.5) is 0 Å². The molecule has 0 spiro atoms. The van der Waals surface area contributed by atoms with Crippen molar-refractivity contribution in [2.45, 2.75) is 6.54 Å². The summed E-state index contributed by atoms with van der Waals surface area (Å²) in [5, 5.41) is 1.16. The molecular weight excluding hydrogens is 342 g/mol. The summed E-state index contributed by atoms with van der Waals surface area (Å²) >= 11 is 0. The van der Waals surface area contributed by atoms with Gasteiger partial charge < -0.3 is 14.5 Å². The Morgan fingerprint density at radius 1 is 1.26 bits per heavy atom. The first-order chi connectivity index (χ1) is 13.0. The molecule has 0 aliphatic rings. The molecule has 1 aromatic carbocycles. The number of aromatic nitrogens is 4. The smallest absolute Gasteiger partial charge is 0.325 e. The second kappa shape index (κ2) is 6.60. The van der Waals surface area contributed by atoms with Gasteiger partial charge >= 0.3 is 5.69 Å². The minimum absolute atomic E-state index is 0.108. The van der Waals surface area contributed by atoms with Gasteiger partial charge in [-0.25, -0.2) is 9.78 Å². The number of carbonyl (C=O) groups is 1. The Labute approximate surface area is 155 Å². The topological polar surface area (TPSA) is 86.8 Å². The van der Waals surface area contributed by atoms with Crippen molar-refractivity contribution in [2.75, 3.05) is 7.05 Å². The number of imidazole rings is 1. The number of hydrogen-bond donors (Lipinski definition) is 2. The zero-order valence-corrected chi connectivity index (χ0v) is 15.1. The van der Waals surface area contributed by atoms with Crippen LogP contribution in [-0.2, 0) is 18.4 Å². The van der Waals surface area contributed by atoms with Crippen molar-refractivity contribution < 1.29 is 4.79 Å². The SMILES string of the molecule is CN(Cc1cc2ccccc2n1C)C(=O)/C=C/c1cnc2[nH]c(=O)[nH]c2c1. The lowest BCUT2D eigenvalue weighted by Crippen LogP contribution is -2.25. The fraction of sp³-hybridized carbons (Fsp3) is 0.150. The molecule has 7 heteroatoms. The molecule has 1 amide bonds. The second-order valence-corrected chi connectivity index (χ2v) is 6.53. The minimum Gasteiger partial charge on any atom is -0.346 e. The maximum atomic E-state index is 12.5. The zero-order chi connectivity index (χ0) is 19.0. The highest BCUT2D eigenvalue weighted by atomic mass is 16.2. The van der Waals surface area contributed by atoms with Gasteiger partial charge in [-0.15, -0.1) is 0 Å². The van der Waals surface area contributed by atoms with Crippen molar-refractivity contribution in [3.8, 4) is 0 Å². The van der Waals surface area contributed by atoms with Gasteiger partial charge in [-0.1, -0.05) is 18.2 Å². The number of carbonyl (C=O) groups excluding carboxylic acids is 1. The molecular formula is C20H19N5O2. The number of aryl methyl sites for hydroxylation is 1. The Balaban J connectivity index is 1.50. The van der Waals surface area contributed by atoms with Crippen LogP contribution in [0.2, 0.25) is 0 Å². The number of para-hydroxylation sites is 1. The van der Waals surface area contributed by atoms with E-state index in [1.807, 2.05) is 19.2 Å². The number of H-pyrrole nitrogens is 2. The van der Waals surface area contributed by atoms with E-state index in [-0.39, 0.29) is 11.6 Å². The van der Waals surface area contributed by atoms with E-state index >= 15 is 0 Å². The predicted molar refractivity (Wildman–Crippen MR) is 105 cm³/mol. The van der Waals surface area contributed by atoms with Crippen molar-refractivity contribution >= 4 is 34.1 Å². The van der Waals surface area contributed by atoms with Crippen molar-refractivity contribution in [1.29, 1.82) is 0 Å². The maximum Gasteiger partial charge on any atom is 0.325 e. The van der Waals surface area contributed by atoms with Gasteiger partial charge in [0, 0.05) is 37.6 Å². The lowest BCUT2D eigenvalue weighted by Gasteiger charge is -2.15. The molecule has 4 aromatic rings. The highest BCUT2D eigenvalue weighted by Gasteiger charge is 2.11. The van der Waals surface area contributed by atoms with Crippen LogP contribution in [0.1, 0.15) is 11.3 Å². The second-order valence-electron chi connectivity index (χ2n) is 6.53. The van der Waals surface area contributed by atoms with Crippen LogP contribution < -0.4 is 5.69 Å². The van der Waals surface area contributed by atoms with E-state index in [0.717, 1.165) is 22.2 Å². The van der Waals surface area contributed by atoms with Crippen LogP contribution in [0.5, 0.6) is 0 Å². The number of nitrogens with zero attached hydrogens (tertiary/aromatic N) is 3. The van der Waals surface area contributed by atoms with E-state index < -0.39 is 0 Å². The van der Waals surface area contributed by atoms with Crippen molar-refractivity contribution in [3.05, 3.63) is 70.4 Å². The summed E-state index contributed by atoms with van der Waals surface area (Å²) < 4.78 is 2.10. The zero-order valence-electron chi connectivity index (χ0n) is 15.1. The highest BCUT2D eigenvalue weighted by Crippen LogP contribution is 2.19. The number of fused-ring (bicyclic) bond motifs is 2. The monoisotopic (exact) mass is 361 g/mol. The van der Waals surface area contributed by atoms with Crippen LogP contribution in [-0.4, -0.2) is 37.4 Å². The first-order valence-electron chi connectivity index (χ1n) is 8.56. The van der Waals surface area contributed by atoms with Crippen LogP contribution in [0.25, 0.3) is 28.1 Å². The molecule has 0 aliphatic carbocycles. The van der Waals surface area contributed by atoms with Crippen LogP contribution in [0, 0.1) is 0 Å². The van der Waals surface area contributed by atoms with E-state index in [9.17, 15) is 9.59 Å². The van der Waals surface area contributed by atoms with Gasteiger partial charge in [-0.3, -0.25) is 9.78 Å². The van der Waals surface area contributed by atoms with E-state index in [4.69, 9.17) is 0 Å². The van der Waals surface area contributed by atoms with Crippen LogP contribution in [0.3, 0.4) is 0 Å². The van der Waals surface area contributed by atoms with E-state index in [1.165, 1.54) is 6.08 Å². The number of nitrogens with one attached hydrogen (secondary N) is 2. The molecule has 0 atom stereocenters. The molecule has 7 nitrogen and oxygen atoms in total. The van der Waals surface area contributed by atoms with Gasteiger partial charge in [0.1, 0.15) is 0 Å². The number of pyridine rings is 1. The van der Waals surface area contributed by atoms with E-state index in [0.29, 0.717) is 17.7 Å². The van der Waals surface area contributed by atoms with E-state index in [1.54, 1.807) is 30.3 Å². The highest BCUT2D eigenvalue weighted by molar-refractivity contribution is 5.92. The third kappa shape index (κ3) is 3.27. The number of aromatic amines is 2. The van der Waals surface area contributed by atoms with Crippen molar-refractivity contribution in [3.63, 3.8) is 0 Å². The lowest BCUT2D eigenvalue weighted by molar-refractivity contribution is -0.125. The first-order valence-corrected chi connectivity index (χ1v) is 8.56. The molecule has 3 aromatic heterocycles. The van der Waals surface area contributed by atoms with Crippen molar-refractivity contribution in [2.24, 2.45) is 7.05 Å². The van der Waals surface area contributed by atoms with Gasteiger partial charge in [0.2, 0.25) is 5.91 Å². The van der Waals surface area contributed by atoms with Gasteiger partial charge in [0.25, 0.3) is 0 Å². The summed E-state index contributed by atoms with van der Waals surface area (Å²) in [6, 6.07) is 12.0. The van der Waals surface area contributed by atoms with Crippen LogP contribution >= 0.6 is 0 Å². The number of rotatable bonds is 4. The summed E-state index contributed by atoms with van der Waals surface area (Å²) in [5.74, 6) is -0.108. The average molecular weight is 361 g/mol. The van der Waals surface area contributed by atoms with Gasteiger partial charge in [-0.2, -0.15) is 0 Å². The summed E-state index contributed by atoms with van der Waals surface area (Å²) in [7, 11) is 3.78. The standard InChI is InChI=1S/C20H19N5O2/c1-24(12-15-10-14-5-3-4-6-17(14)25(15)2)18(26)8-7-13-9-16-19(21-11-13)23-20(27)22-16/h3-11H,12H2,1-2H3,(H2,21,22,23,27)/b8-7+. The largest absolute Gasteiger partial charge is 0.346 e. The Morgan fingerprint density at radius 3 is 2.89 bits per heavy atom. The minimum atomic E-state index is -0.301. The quantitative estimate of drug-likeness (QED) is 0.547. The first kappa shape index (κ1) is 16.8. The normalized spacial score (nSPS) is 11.6. The van der Waals surface area contributed by atoms with Crippen LogP contribution in [0.15, 0.2) is 53.5 Å². The Morgan fingerprint density at radius 2 is 2.07 bits per heavy atom. The molecule has 0 aliphatic heterocycles. The number of benzene rings is 1. The molecule has 27 heavy (non-hydrogen) atoms. The average Bonchev–Trinajstić information content (AvgIpc) is 3.18. The molecule has 136 valence electrons. The van der Waals surface area contributed by atoms with Gasteiger partial charge in [0.15, 0.2) is 5.65 Å². The summed E-state index contributed by atoms with van der Waals surface area (Å²) in [5.41, 5.74) is 3.75. The molecule has 0 saturated carbocycles. The van der Waals surface area contributed by atoms with E-state index in [2.05, 4.69) is 37.7 Å². The fourth-order valence-electron chi connectivity index (χ4n) is 3.14. The predicted octanol–water partition coefficient (Wildman–Crippen LogP) is 2.41. The number of likely N-dealkylation sites (N-methyl/N-ethyl adjacent to an activating group) is 1. The molecule has 0 radical (unpaired) electrons. The summed E-state index contributed by atoms with van der Waals surface area (Å²) in [6.07, 6.45) is 4.81. The maximum absolute atomic E-state index is 12.5. The molecule has 3 heterocycles. The Kier molecular flexibility index (Phi) is 4.12. The van der Waals surface area contributed by atoms with Crippen molar-refractivity contribution in [1.82, 2.24) is 24.4 Å². The summed E-state index contributed by atoms with van der Waals surface area (Å²) in [6.45, 7) is 0.511. The molecule has 4 rings (SSSR count). The lowest BCUT2D eigenvalue weighted by atomic mass is 10.2. The molecule has 0 saturated heterocycles.